The van der Waals surface area contributed by atoms with Gasteiger partial charge in [-0.25, -0.2) is 0 Å². The molecule has 0 atom stereocenters. The number of benzene rings is 4. The smallest absolute Gasteiger partial charge is 0.362 e. The molecule has 0 aliphatic carbocycles. The van der Waals surface area contributed by atoms with Gasteiger partial charge in [0, 0.05) is 25.1 Å². The van der Waals surface area contributed by atoms with E-state index < -0.39 is 0 Å². The molecule has 8 aromatic rings. The molecule has 8 rings (SSSR count). The molecule has 0 saturated heterocycles. The molecule has 0 radical (unpaired) electrons. The summed E-state index contributed by atoms with van der Waals surface area (Å²) in [5.74, 6) is 0. The van der Waals surface area contributed by atoms with Crippen molar-refractivity contribution in [1.29, 1.82) is 0 Å². The predicted octanol–water partition coefficient (Wildman–Crippen LogP) is 8.40. The maximum atomic E-state index is 2.28. The molecule has 0 spiro atoms. The Hall–Kier alpha value is -3.42. The zero-order valence-electron chi connectivity index (χ0n) is 19.8. The minimum atomic E-state index is 0. The zero-order valence-corrected chi connectivity index (χ0v) is 22.2. The minimum Gasteiger partial charge on any atom is -0.362 e. The van der Waals surface area contributed by atoms with Crippen molar-refractivity contribution in [2.45, 2.75) is 0 Å². The normalized spacial score (nSPS) is 11.5. The summed E-state index contributed by atoms with van der Waals surface area (Å²) in [5, 5.41) is 10.9. The van der Waals surface area contributed by atoms with Gasteiger partial charge in [-0.1, -0.05) is 59.3 Å². The van der Waals surface area contributed by atoms with E-state index in [9.17, 15) is 0 Å². The Morgan fingerprint density at radius 2 is 0.800 bits per heavy atom. The fourth-order valence-corrected chi connectivity index (χ4v) is 5.73. The molecule has 0 saturated carbocycles. The van der Waals surface area contributed by atoms with Crippen LogP contribution in [0.25, 0.3) is 65.2 Å². The molecule has 6 aromatic carbocycles. The van der Waals surface area contributed by atoms with Gasteiger partial charge in [0.05, 0.1) is 0 Å². The first-order valence-electron chi connectivity index (χ1n) is 11.8. The molecule has 2 heterocycles. The van der Waals surface area contributed by atoms with E-state index in [1.807, 2.05) is 0 Å². The Bertz CT molecular complexity index is 1840. The Labute approximate surface area is 222 Å². The molecule has 0 aliphatic heterocycles. The van der Waals surface area contributed by atoms with E-state index in [0.29, 0.717) is 0 Å². The SMILES string of the molecule is Cn1c2ccccc2c2c3ccccc3[cH-]c21.Cn1c2ccccc2c2c3ccccc3[cH-]c21.[Zr+2]. The number of aromatic nitrogens is 2. The van der Waals surface area contributed by atoms with Crippen LogP contribution < -0.4 is 0 Å². The first-order chi connectivity index (χ1) is 16.7. The van der Waals surface area contributed by atoms with Gasteiger partial charge in [-0.2, -0.15) is 0 Å². The summed E-state index contributed by atoms with van der Waals surface area (Å²) in [6.07, 6.45) is 0. The second-order valence-corrected chi connectivity index (χ2v) is 9.14. The third-order valence-corrected chi connectivity index (χ3v) is 7.35. The number of aryl methyl sites for hydroxylation is 2. The molecule has 0 amide bonds. The van der Waals surface area contributed by atoms with E-state index in [4.69, 9.17) is 0 Å². The van der Waals surface area contributed by atoms with Crippen molar-refractivity contribution >= 4 is 65.2 Å². The van der Waals surface area contributed by atoms with Crippen molar-refractivity contribution in [3.8, 4) is 0 Å². The van der Waals surface area contributed by atoms with Gasteiger partial charge < -0.3 is 9.13 Å². The third-order valence-electron chi connectivity index (χ3n) is 7.35. The van der Waals surface area contributed by atoms with Crippen molar-refractivity contribution in [2.24, 2.45) is 14.1 Å². The first kappa shape index (κ1) is 22.1. The van der Waals surface area contributed by atoms with Crippen LogP contribution in [0.1, 0.15) is 0 Å². The second-order valence-electron chi connectivity index (χ2n) is 9.14. The van der Waals surface area contributed by atoms with E-state index in [1.165, 1.54) is 65.2 Å². The van der Waals surface area contributed by atoms with Crippen LogP contribution >= 0.6 is 0 Å². The quantitative estimate of drug-likeness (QED) is 0.175. The van der Waals surface area contributed by atoms with Crippen LogP contribution in [0.15, 0.2) is 109 Å². The van der Waals surface area contributed by atoms with Crippen molar-refractivity contribution in [3.63, 3.8) is 0 Å². The predicted molar refractivity (Wildman–Crippen MR) is 147 cm³/mol. The van der Waals surface area contributed by atoms with E-state index >= 15 is 0 Å². The molecule has 0 fully saturated rings. The molecule has 2 nitrogen and oxygen atoms in total. The van der Waals surface area contributed by atoms with Crippen LogP contribution in [0.3, 0.4) is 0 Å². The number of para-hydroxylation sites is 2. The average Bonchev–Trinajstić information content (AvgIpc) is 3.60. The first-order valence-corrected chi connectivity index (χ1v) is 11.8. The monoisotopic (exact) mass is 526 g/mol. The molecule has 0 unspecified atom stereocenters. The van der Waals surface area contributed by atoms with Crippen LogP contribution in [-0.4, -0.2) is 9.13 Å². The van der Waals surface area contributed by atoms with E-state index in [0.717, 1.165) is 0 Å². The standard InChI is InChI=1S/2C16H12N.Zr/c2*1-17-14-9-5-4-8-13(14)16-12-7-3-2-6-11(12)10-15(16)17;/h2*2-10H,1H3;/q2*-1;+2. The van der Waals surface area contributed by atoms with Gasteiger partial charge in [-0.15, -0.1) is 70.1 Å². The minimum absolute atomic E-state index is 0. The van der Waals surface area contributed by atoms with Gasteiger partial charge in [-0.3, -0.25) is 0 Å². The fraction of sp³-hybridized carbons (Fsp3) is 0.0625. The number of fused-ring (bicyclic) bond motifs is 10. The zero-order chi connectivity index (χ0) is 22.8. The molecule has 166 valence electrons. The maximum absolute atomic E-state index is 2.28. The van der Waals surface area contributed by atoms with Gasteiger partial charge in [0.1, 0.15) is 0 Å². The van der Waals surface area contributed by atoms with Gasteiger partial charge in [0.2, 0.25) is 0 Å². The third kappa shape index (κ3) is 3.18. The fourth-order valence-electron chi connectivity index (χ4n) is 5.73. The Morgan fingerprint density at radius 3 is 1.23 bits per heavy atom. The molecular weight excluding hydrogens is 504 g/mol. The summed E-state index contributed by atoms with van der Waals surface area (Å²) < 4.78 is 4.56. The second kappa shape index (κ2) is 8.36. The average molecular weight is 528 g/mol. The van der Waals surface area contributed by atoms with Gasteiger partial charge >= 0.3 is 26.2 Å². The number of hydrogen-bond acceptors (Lipinski definition) is 0. The Balaban J connectivity index is 0.000000127. The van der Waals surface area contributed by atoms with Crippen LogP contribution in [0.2, 0.25) is 0 Å². The van der Waals surface area contributed by atoms with Gasteiger partial charge in [-0.05, 0) is 33.9 Å². The number of rotatable bonds is 0. The molecule has 0 aliphatic rings. The summed E-state index contributed by atoms with van der Waals surface area (Å²) in [6.45, 7) is 0. The molecule has 0 bridgehead atoms. The topological polar surface area (TPSA) is 9.86 Å². The summed E-state index contributed by atoms with van der Waals surface area (Å²) in [7, 11) is 4.28. The van der Waals surface area contributed by atoms with Gasteiger partial charge in [0.25, 0.3) is 0 Å². The largest absolute Gasteiger partial charge is 2.00 e. The van der Waals surface area contributed by atoms with Crippen LogP contribution in [0, 0.1) is 0 Å². The van der Waals surface area contributed by atoms with Crippen LogP contribution in [0.4, 0.5) is 0 Å². The molecule has 35 heavy (non-hydrogen) atoms. The number of nitrogens with zero attached hydrogens (tertiary/aromatic N) is 2. The molecule has 0 N–H and O–H groups in total. The van der Waals surface area contributed by atoms with Crippen molar-refractivity contribution in [2.75, 3.05) is 0 Å². The van der Waals surface area contributed by atoms with Crippen LogP contribution in [-0.2, 0) is 40.3 Å². The molecule has 3 heteroatoms. The molecular formula is C32H24N2Zr. The Kier molecular flexibility index (Phi) is 5.27. The van der Waals surface area contributed by atoms with Crippen molar-refractivity contribution < 1.29 is 26.2 Å². The Morgan fingerprint density at radius 1 is 0.457 bits per heavy atom. The maximum Gasteiger partial charge on any atom is 2.00 e. The van der Waals surface area contributed by atoms with E-state index in [1.54, 1.807) is 0 Å². The van der Waals surface area contributed by atoms with Crippen molar-refractivity contribution in [3.05, 3.63) is 109 Å². The summed E-state index contributed by atoms with van der Waals surface area (Å²) in [4.78, 5) is 0. The van der Waals surface area contributed by atoms with E-state index in [-0.39, 0.29) is 26.2 Å². The summed E-state index contributed by atoms with van der Waals surface area (Å²) in [6, 6.07) is 39.0. The summed E-state index contributed by atoms with van der Waals surface area (Å²) in [5.41, 5.74) is 5.27. The van der Waals surface area contributed by atoms with Crippen LogP contribution in [0.5, 0.6) is 0 Å². The number of hydrogen-bond donors (Lipinski definition) is 0. The molecule has 2 aromatic heterocycles. The van der Waals surface area contributed by atoms with E-state index in [2.05, 4.69) is 132 Å². The summed E-state index contributed by atoms with van der Waals surface area (Å²) >= 11 is 0. The van der Waals surface area contributed by atoms with Gasteiger partial charge in [0.15, 0.2) is 0 Å². The van der Waals surface area contributed by atoms with Crippen molar-refractivity contribution in [1.82, 2.24) is 9.13 Å².